The molecule has 6 heteroatoms. The van der Waals surface area contributed by atoms with Crippen molar-refractivity contribution < 1.29 is 9.84 Å². The highest BCUT2D eigenvalue weighted by atomic mass is 16.5. The van der Waals surface area contributed by atoms with E-state index in [1.807, 2.05) is 13.0 Å². The van der Waals surface area contributed by atoms with Crippen LogP contribution in [0.3, 0.4) is 0 Å². The zero-order chi connectivity index (χ0) is 17.7. The van der Waals surface area contributed by atoms with Crippen LogP contribution >= 0.6 is 0 Å². The summed E-state index contributed by atoms with van der Waals surface area (Å²) < 4.78 is 5.43. The molecule has 3 N–H and O–H groups in total. The minimum absolute atomic E-state index is 0.261. The Morgan fingerprint density at radius 1 is 1.12 bits per heavy atom. The van der Waals surface area contributed by atoms with Gasteiger partial charge in [0.1, 0.15) is 5.82 Å². The summed E-state index contributed by atoms with van der Waals surface area (Å²) in [4.78, 5) is 9.00. The summed E-state index contributed by atoms with van der Waals surface area (Å²) in [5.41, 5.74) is -0.581. The first-order valence-corrected chi connectivity index (χ1v) is 9.65. The van der Waals surface area contributed by atoms with Gasteiger partial charge in [-0.1, -0.05) is 12.8 Å². The summed E-state index contributed by atoms with van der Waals surface area (Å²) in [6.45, 7) is 1.94. The predicted molar refractivity (Wildman–Crippen MR) is 99.8 cm³/mol. The largest absolute Gasteiger partial charge is 0.390 e. The van der Waals surface area contributed by atoms with E-state index in [2.05, 4.69) is 20.6 Å². The van der Waals surface area contributed by atoms with Gasteiger partial charge in [-0.3, -0.25) is 0 Å². The van der Waals surface area contributed by atoms with E-state index in [1.54, 1.807) is 13.3 Å². The Balaban J connectivity index is 1.56. The molecule has 0 aromatic carbocycles. The number of nitrogens with one attached hydrogen (secondary N) is 2. The highest BCUT2D eigenvalue weighted by molar-refractivity contribution is 5.41. The molecule has 0 radical (unpaired) electrons. The van der Waals surface area contributed by atoms with Gasteiger partial charge in [-0.05, 0) is 57.9 Å². The Labute approximate surface area is 150 Å². The van der Waals surface area contributed by atoms with Crippen LogP contribution < -0.4 is 10.6 Å². The number of methoxy groups -OCH3 is 1. The molecular weight excluding hydrogens is 316 g/mol. The third-order valence-electron chi connectivity index (χ3n) is 5.55. The summed E-state index contributed by atoms with van der Waals surface area (Å²) in [6, 6.07) is 2.59. The lowest BCUT2D eigenvalue weighted by Gasteiger charge is -2.28. The van der Waals surface area contributed by atoms with Gasteiger partial charge < -0.3 is 20.5 Å². The van der Waals surface area contributed by atoms with Crippen LogP contribution in [0.4, 0.5) is 11.8 Å². The van der Waals surface area contributed by atoms with Gasteiger partial charge in [0, 0.05) is 25.4 Å². The molecule has 2 aliphatic rings. The topological polar surface area (TPSA) is 79.3 Å². The van der Waals surface area contributed by atoms with E-state index in [4.69, 9.17) is 4.74 Å². The van der Waals surface area contributed by atoms with Crippen LogP contribution in [0.5, 0.6) is 0 Å². The summed E-state index contributed by atoms with van der Waals surface area (Å²) >= 11 is 0. The van der Waals surface area contributed by atoms with Crippen LogP contribution in [-0.4, -0.2) is 46.0 Å². The Morgan fingerprint density at radius 2 is 1.92 bits per heavy atom. The van der Waals surface area contributed by atoms with Crippen molar-refractivity contribution in [3.63, 3.8) is 0 Å². The normalized spacial score (nSPS) is 33.5. The number of ether oxygens (including phenoxy) is 1. The molecule has 2 unspecified atom stereocenters. The molecule has 3 rings (SSSR count). The van der Waals surface area contributed by atoms with E-state index in [1.165, 1.54) is 0 Å². The Bertz CT molecular complexity index is 544. The number of aromatic nitrogens is 2. The Morgan fingerprint density at radius 3 is 2.68 bits per heavy atom. The van der Waals surface area contributed by atoms with Crippen LogP contribution in [0, 0.1) is 0 Å². The third kappa shape index (κ3) is 5.54. The molecule has 1 aromatic rings. The predicted octanol–water partition coefficient (Wildman–Crippen LogP) is 3.34. The van der Waals surface area contributed by atoms with Crippen molar-refractivity contribution in [3.05, 3.63) is 12.3 Å². The lowest BCUT2D eigenvalue weighted by Crippen LogP contribution is -2.32. The summed E-state index contributed by atoms with van der Waals surface area (Å²) in [5, 5.41) is 17.4. The van der Waals surface area contributed by atoms with E-state index in [9.17, 15) is 5.11 Å². The molecule has 25 heavy (non-hydrogen) atoms. The van der Waals surface area contributed by atoms with Crippen molar-refractivity contribution in [2.75, 3.05) is 17.7 Å². The minimum Gasteiger partial charge on any atom is -0.390 e. The van der Waals surface area contributed by atoms with E-state index < -0.39 is 5.60 Å². The second kappa shape index (κ2) is 8.32. The maximum absolute atomic E-state index is 10.4. The lowest BCUT2D eigenvalue weighted by atomic mass is 9.93. The average molecular weight is 348 g/mol. The van der Waals surface area contributed by atoms with Gasteiger partial charge in [0.15, 0.2) is 0 Å². The quantitative estimate of drug-likeness (QED) is 0.708. The van der Waals surface area contributed by atoms with Crippen molar-refractivity contribution in [1.82, 2.24) is 9.97 Å². The highest BCUT2D eigenvalue weighted by Crippen LogP contribution is 2.28. The summed E-state index contributed by atoms with van der Waals surface area (Å²) in [7, 11) is 1.79. The molecule has 140 valence electrons. The molecular formula is C19H32N4O2. The van der Waals surface area contributed by atoms with Gasteiger partial charge in [-0.25, -0.2) is 4.98 Å². The molecule has 2 atom stereocenters. The number of aliphatic hydroxyl groups is 1. The molecule has 2 aliphatic carbocycles. The summed E-state index contributed by atoms with van der Waals surface area (Å²) in [6.07, 6.45) is 11.5. The molecule has 0 spiro atoms. The van der Waals surface area contributed by atoms with Crippen LogP contribution in [0.15, 0.2) is 12.3 Å². The third-order valence-corrected chi connectivity index (χ3v) is 5.55. The number of hydrogen-bond acceptors (Lipinski definition) is 6. The highest BCUT2D eigenvalue weighted by Gasteiger charge is 2.28. The maximum atomic E-state index is 10.4. The standard InChI is InChI=1S/C19H32N4O2/c1-19(24)11-4-3-5-15(13-19)21-17-10-12-20-18(23-17)22-14-6-8-16(25-2)9-7-14/h10,12,14-16,24H,3-9,11,13H2,1-2H3,(H2,20,21,22,23). The van der Waals surface area contributed by atoms with E-state index in [-0.39, 0.29) is 6.04 Å². The van der Waals surface area contributed by atoms with Crippen molar-refractivity contribution in [1.29, 1.82) is 0 Å². The van der Waals surface area contributed by atoms with Crippen LogP contribution in [0.1, 0.15) is 64.7 Å². The molecule has 1 heterocycles. The van der Waals surface area contributed by atoms with Crippen molar-refractivity contribution in [2.45, 2.75) is 88.5 Å². The van der Waals surface area contributed by atoms with Crippen molar-refractivity contribution in [3.8, 4) is 0 Å². The Hall–Kier alpha value is -1.40. The number of nitrogens with zero attached hydrogens (tertiary/aromatic N) is 2. The number of hydrogen-bond donors (Lipinski definition) is 3. The first-order valence-electron chi connectivity index (χ1n) is 9.65. The van der Waals surface area contributed by atoms with E-state index >= 15 is 0 Å². The van der Waals surface area contributed by atoms with E-state index in [0.717, 1.165) is 63.6 Å². The fraction of sp³-hybridized carbons (Fsp3) is 0.789. The molecule has 0 bridgehead atoms. The fourth-order valence-corrected chi connectivity index (χ4v) is 4.10. The molecule has 1 aromatic heterocycles. The molecule has 2 saturated carbocycles. The number of anilines is 2. The van der Waals surface area contributed by atoms with Gasteiger partial charge in [0.05, 0.1) is 11.7 Å². The van der Waals surface area contributed by atoms with Gasteiger partial charge >= 0.3 is 0 Å². The second-order valence-electron chi connectivity index (χ2n) is 7.91. The van der Waals surface area contributed by atoms with Crippen LogP contribution in [0.2, 0.25) is 0 Å². The second-order valence-corrected chi connectivity index (χ2v) is 7.91. The summed E-state index contributed by atoms with van der Waals surface area (Å²) in [5.74, 6) is 1.53. The number of rotatable bonds is 5. The van der Waals surface area contributed by atoms with E-state index in [0.29, 0.717) is 18.1 Å². The van der Waals surface area contributed by atoms with Gasteiger partial charge in [-0.2, -0.15) is 4.98 Å². The van der Waals surface area contributed by atoms with Crippen molar-refractivity contribution >= 4 is 11.8 Å². The molecule has 6 nitrogen and oxygen atoms in total. The van der Waals surface area contributed by atoms with Gasteiger partial charge in [-0.15, -0.1) is 0 Å². The minimum atomic E-state index is -0.581. The molecule has 0 saturated heterocycles. The molecule has 2 fully saturated rings. The fourth-order valence-electron chi connectivity index (χ4n) is 4.10. The lowest BCUT2D eigenvalue weighted by molar-refractivity contribution is 0.0420. The SMILES string of the molecule is COC1CCC(Nc2nccc(NC3CCCCC(C)(O)C3)n2)CC1. The van der Waals surface area contributed by atoms with Crippen LogP contribution in [-0.2, 0) is 4.74 Å². The van der Waals surface area contributed by atoms with Gasteiger partial charge in [0.25, 0.3) is 0 Å². The zero-order valence-corrected chi connectivity index (χ0v) is 15.5. The maximum Gasteiger partial charge on any atom is 0.224 e. The molecule has 0 amide bonds. The smallest absolute Gasteiger partial charge is 0.224 e. The Kier molecular flexibility index (Phi) is 6.12. The first kappa shape index (κ1) is 18.4. The molecule has 0 aliphatic heterocycles. The zero-order valence-electron chi connectivity index (χ0n) is 15.5. The van der Waals surface area contributed by atoms with Crippen molar-refractivity contribution in [2.24, 2.45) is 0 Å². The van der Waals surface area contributed by atoms with Crippen LogP contribution in [0.25, 0.3) is 0 Å². The first-order chi connectivity index (χ1) is 12.0. The average Bonchev–Trinajstić information content (AvgIpc) is 2.76. The van der Waals surface area contributed by atoms with Gasteiger partial charge in [0.2, 0.25) is 5.95 Å². The monoisotopic (exact) mass is 348 g/mol.